The van der Waals surface area contributed by atoms with Crippen molar-refractivity contribution in [3.63, 3.8) is 0 Å². The zero-order chi connectivity index (χ0) is 20.3. The third-order valence-corrected chi connectivity index (χ3v) is 4.87. The Labute approximate surface area is 168 Å². The van der Waals surface area contributed by atoms with E-state index in [0.29, 0.717) is 0 Å². The van der Waals surface area contributed by atoms with Crippen molar-refractivity contribution in [1.82, 2.24) is 0 Å². The third-order valence-electron chi connectivity index (χ3n) is 4.87. The molecule has 0 fully saturated rings. The Hall–Kier alpha value is -2.88. The second kappa shape index (κ2) is 8.43. The van der Waals surface area contributed by atoms with Crippen LogP contribution in [0.5, 0.6) is 17.2 Å². The highest BCUT2D eigenvalue weighted by atomic mass is 16.7. The molecular weight excluding hydrogens is 347 g/mol. The van der Waals surface area contributed by atoms with Crippen molar-refractivity contribution in [3.05, 3.63) is 88.0 Å². The van der Waals surface area contributed by atoms with Gasteiger partial charge in [0.15, 0.2) is 0 Å². The molecule has 3 aromatic rings. The van der Waals surface area contributed by atoms with Gasteiger partial charge in [0.05, 0.1) is 0 Å². The Morgan fingerprint density at radius 2 is 0.643 bits per heavy atom. The summed E-state index contributed by atoms with van der Waals surface area (Å²) in [6, 6.07) is 18.2. The second-order valence-corrected chi connectivity index (χ2v) is 7.31. The highest BCUT2D eigenvalue weighted by Crippen LogP contribution is 2.29. The number of benzene rings is 3. The van der Waals surface area contributed by atoms with E-state index < -0.39 is 7.32 Å². The van der Waals surface area contributed by atoms with E-state index in [1.54, 1.807) is 0 Å². The largest absolute Gasteiger partial charge is 0.864 e. The maximum absolute atomic E-state index is 6.26. The zero-order valence-corrected chi connectivity index (χ0v) is 17.5. The normalized spacial score (nSPS) is 10.5. The minimum atomic E-state index is -0.903. The number of rotatable bonds is 6. The lowest BCUT2D eigenvalue weighted by atomic mass is 10.1. The summed E-state index contributed by atoms with van der Waals surface area (Å²) < 4.78 is 18.8. The van der Waals surface area contributed by atoms with Crippen LogP contribution >= 0.6 is 0 Å². The molecule has 0 amide bonds. The van der Waals surface area contributed by atoms with E-state index in [0.717, 1.165) is 50.6 Å². The molecule has 0 aliphatic heterocycles. The van der Waals surface area contributed by atoms with E-state index in [4.69, 9.17) is 14.0 Å². The minimum absolute atomic E-state index is 0.782. The van der Waals surface area contributed by atoms with Crippen molar-refractivity contribution >= 4 is 7.32 Å². The second-order valence-electron chi connectivity index (χ2n) is 7.31. The van der Waals surface area contributed by atoms with Crippen LogP contribution in [0.4, 0.5) is 0 Å². The summed E-state index contributed by atoms with van der Waals surface area (Å²) in [6.07, 6.45) is 0. The first kappa shape index (κ1) is 19.9. The van der Waals surface area contributed by atoms with Crippen LogP contribution in [0, 0.1) is 41.5 Å². The molecule has 0 bridgehead atoms. The van der Waals surface area contributed by atoms with E-state index in [-0.39, 0.29) is 0 Å². The molecule has 0 radical (unpaired) electrons. The van der Waals surface area contributed by atoms with Gasteiger partial charge in [0.1, 0.15) is 17.2 Å². The minimum Gasteiger partial charge on any atom is -0.489 e. The summed E-state index contributed by atoms with van der Waals surface area (Å²) in [7, 11) is -0.903. The van der Waals surface area contributed by atoms with Gasteiger partial charge in [-0.25, -0.2) is 0 Å². The Bertz CT molecular complexity index is 794. The maximum Gasteiger partial charge on any atom is 0.864 e. The van der Waals surface area contributed by atoms with Crippen LogP contribution in [0.15, 0.2) is 54.6 Å². The van der Waals surface area contributed by atoms with Crippen molar-refractivity contribution in [3.8, 4) is 17.2 Å². The lowest BCUT2D eigenvalue weighted by molar-refractivity contribution is 0.302. The van der Waals surface area contributed by atoms with Crippen molar-refractivity contribution in [2.24, 2.45) is 0 Å². The van der Waals surface area contributed by atoms with Crippen LogP contribution < -0.4 is 14.0 Å². The van der Waals surface area contributed by atoms with Crippen molar-refractivity contribution < 1.29 is 14.0 Å². The van der Waals surface area contributed by atoms with Gasteiger partial charge in [-0.3, -0.25) is 0 Å². The number of para-hydroxylation sites is 3. The van der Waals surface area contributed by atoms with Crippen LogP contribution in [0.25, 0.3) is 0 Å². The molecule has 28 heavy (non-hydrogen) atoms. The van der Waals surface area contributed by atoms with Gasteiger partial charge < -0.3 is 14.0 Å². The topological polar surface area (TPSA) is 27.7 Å². The summed E-state index contributed by atoms with van der Waals surface area (Å²) in [5, 5.41) is 0. The Kier molecular flexibility index (Phi) is 5.98. The van der Waals surface area contributed by atoms with Crippen LogP contribution in [-0.2, 0) is 0 Å². The van der Waals surface area contributed by atoms with Crippen molar-refractivity contribution in [2.45, 2.75) is 41.5 Å². The lowest BCUT2D eigenvalue weighted by Crippen LogP contribution is -2.38. The first-order valence-corrected chi connectivity index (χ1v) is 9.55. The predicted octanol–water partition coefficient (Wildman–Crippen LogP) is 6.06. The van der Waals surface area contributed by atoms with Gasteiger partial charge >= 0.3 is 7.32 Å². The van der Waals surface area contributed by atoms with E-state index in [2.05, 4.69) is 0 Å². The van der Waals surface area contributed by atoms with Crippen LogP contribution in [-0.4, -0.2) is 7.32 Å². The predicted molar refractivity (Wildman–Crippen MR) is 115 cm³/mol. The van der Waals surface area contributed by atoms with Crippen molar-refractivity contribution in [1.29, 1.82) is 0 Å². The molecule has 0 atom stereocenters. The molecule has 3 aromatic carbocycles. The van der Waals surface area contributed by atoms with Crippen molar-refractivity contribution in [2.75, 3.05) is 0 Å². The average molecular weight is 374 g/mol. The lowest BCUT2D eigenvalue weighted by Gasteiger charge is -2.22. The molecule has 0 saturated heterocycles. The molecule has 144 valence electrons. The Morgan fingerprint density at radius 1 is 0.429 bits per heavy atom. The summed E-state index contributed by atoms with van der Waals surface area (Å²) in [5.41, 5.74) is 6.25. The average Bonchev–Trinajstić information content (AvgIpc) is 2.64. The fraction of sp³-hybridized carbons (Fsp3) is 0.250. The number of hydrogen-bond acceptors (Lipinski definition) is 3. The van der Waals surface area contributed by atoms with Gasteiger partial charge in [-0.2, -0.15) is 0 Å². The molecule has 4 heteroatoms. The maximum atomic E-state index is 6.26. The van der Waals surface area contributed by atoms with Gasteiger partial charge in [-0.05, 0) is 74.9 Å². The quantitative estimate of drug-likeness (QED) is 0.491. The van der Waals surface area contributed by atoms with Crippen LogP contribution in [0.2, 0.25) is 0 Å². The summed E-state index contributed by atoms with van der Waals surface area (Å²) in [4.78, 5) is 0. The Morgan fingerprint density at radius 3 is 0.857 bits per heavy atom. The smallest absolute Gasteiger partial charge is 0.489 e. The fourth-order valence-electron chi connectivity index (χ4n) is 3.32. The van der Waals surface area contributed by atoms with E-state index in [1.807, 2.05) is 96.1 Å². The molecule has 0 unspecified atom stereocenters. The molecule has 0 spiro atoms. The highest BCUT2D eigenvalue weighted by molar-refractivity contribution is 6.39. The molecule has 0 aromatic heterocycles. The summed E-state index contributed by atoms with van der Waals surface area (Å²) in [6.45, 7) is 12.2. The standard InChI is InChI=1S/C24H27BO3/c1-16-10-7-11-17(2)22(16)26-25(27-23-18(3)12-8-13-19(23)4)28-24-20(5)14-9-15-21(24)6/h7-15H,1-6H3. The first-order valence-electron chi connectivity index (χ1n) is 9.55. The molecule has 0 aliphatic carbocycles. The molecule has 3 nitrogen and oxygen atoms in total. The van der Waals surface area contributed by atoms with Gasteiger partial charge in [0.25, 0.3) is 0 Å². The van der Waals surface area contributed by atoms with Crippen LogP contribution in [0.3, 0.4) is 0 Å². The molecule has 0 N–H and O–H groups in total. The number of hydrogen-bond donors (Lipinski definition) is 0. The molecule has 0 heterocycles. The Balaban J connectivity index is 1.98. The van der Waals surface area contributed by atoms with E-state index >= 15 is 0 Å². The van der Waals surface area contributed by atoms with Gasteiger partial charge in [-0.15, -0.1) is 0 Å². The third kappa shape index (κ3) is 4.33. The summed E-state index contributed by atoms with van der Waals surface area (Å²) >= 11 is 0. The van der Waals surface area contributed by atoms with Gasteiger partial charge in [0, 0.05) is 0 Å². The van der Waals surface area contributed by atoms with E-state index in [9.17, 15) is 0 Å². The highest BCUT2D eigenvalue weighted by Gasteiger charge is 2.33. The monoisotopic (exact) mass is 374 g/mol. The van der Waals surface area contributed by atoms with E-state index in [1.165, 1.54) is 0 Å². The zero-order valence-electron chi connectivity index (χ0n) is 17.5. The van der Waals surface area contributed by atoms with Gasteiger partial charge in [-0.1, -0.05) is 54.6 Å². The molecule has 0 aliphatic rings. The summed E-state index contributed by atoms with van der Waals surface area (Å²) in [5.74, 6) is 2.35. The molecule has 0 saturated carbocycles. The number of aryl methyl sites for hydroxylation is 6. The molecular formula is C24H27BO3. The fourth-order valence-corrected chi connectivity index (χ4v) is 3.32. The molecule has 3 rings (SSSR count). The van der Waals surface area contributed by atoms with Crippen LogP contribution in [0.1, 0.15) is 33.4 Å². The SMILES string of the molecule is Cc1cccc(C)c1OB(Oc1c(C)cccc1C)Oc1c(C)cccc1C. The first-order chi connectivity index (χ1) is 13.4. The van der Waals surface area contributed by atoms with Gasteiger partial charge in [0.2, 0.25) is 0 Å².